The Hall–Kier alpha value is -6.52. The lowest BCUT2D eigenvalue weighted by atomic mass is 10.1. The van der Waals surface area contributed by atoms with Crippen LogP contribution in [-0.4, -0.2) is 19.1 Å². The first kappa shape index (κ1) is 30.5. The number of aryl methyl sites for hydroxylation is 1. The first-order chi connectivity index (χ1) is 25.2. The fourth-order valence-corrected chi connectivity index (χ4v) is 7.43. The molecule has 244 valence electrons. The van der Waals surface area contributed by atoms with Crippen molar-refractivity contribution in [2.24, 2.45) is 0 Å². The molecular formula is C47H36N4. The lowest BCUT2D eigenvalue weighted by Crippen LogP contribution is -2.00. The molecule has 0 N–H and O–H groups in total. The van der Waals surface area contributed by atoms with Gasteiger partial charge in [0.2, 0.25) is 0 Å². The van der Waals surface area contributed by atoms with Gasteiger partial charge < -0.3 is 9.13 Å². The summed E-state index contributed by atoms with van der Waals surface area (Å²) in [6.45, 7) is 4.44. The molecule has 0 aliphatic heterocycles. The lowest BCUT2D eigenvalue weighted by Gasteiger charge is -2.13. The summed E-state index contributed by atoms with van der Waals surface area (Å²) in [5.74, 6) is 0.696. The van der Waals surface area contributed by atoms with E-state index < -0.39 is 0 Å². The quantitative estimate of drug-likeness (QED) is 0.171. The first-order valence-corrected chi connectivity index (χ1v) is 17.6. The summed E-state index contributed by atoms with van der Waals surface area (Å²) in [6, 6.07) is 55.6. The normalized spacial score (nSPS) is 11.7. The van der Waals surface area contributed by atoms with Crippen molar-refractivity contribution < 1.29 is 0 Å². The average molecular weight is 657 g/mol. The third-order valence-corrected chi connectivity index (χ3v) is 9.82. The fraction of sp³-hybridized carbons (Fsp3) is 0.0638. The van der Waals surface area contributed by atoms with Gasteiger partial charge in [0.1, 0.15) is 0 Å². The first-order valence-electron chi connectivity index (χ1n) is 17.6. The summed E-state index contributed by atoms with van der Waals surface area (Å²) in [7, 11) is 0. The van der Waals surface area contributed by atoms with Crippen LogP contribution in [0.25, 0.3) is 84.1 Å². The predicted molar refractivity (Wildman–Crippen MR) is 214 cm³/mol. The number of nitrogens with zero attached hydrogens (tertiary/aromatic N) is 4. The molecule has 4 heteroatoms. The highest BCUT2D eigenvalue weighted by molar-refractivity contribution is 6.21. The number of allylic oxidation sites excluding steroid dienone is 1. The van der Waals surface area contributed by atoms with E-state index in [4.69, 9.17) is 9.97 Å². The molecule has 0 fully saturated rings. The van der Waals surface area contributed by atoms with Crippen molar-refractivity contribution in [3.05, 3.63) is 175 Å². The van der Waals surface area contributed by atoms with E-state index in [1.165, 1.54) is 44.0 Å². The summed E-state index contributed by atoms with van der Waals surface area (Å²) in [5, 5.41) is 3.72. The highest BCUT2D eigenvalue weighted by Crippen LogP contribution is 2.41. The number of rotatable bonds is 7. The number of fused-ring (bicyclic) bond motifs is 5. The summed E-state index contributed by atoms with van der Waals surface area (Å²) in [4.78, 5) is 10.3. The van der Waals surface area contributed by atoms with E-state index in [1.807, 2.05) is 12.1 Å². The van der Waals surface area contributed by atoms with Crippen LogP contribution in [0.2, 0.25) is 0 Å². The number of hydrogen-bond acceptors (Lipinski definition) is 2. The van der Waals surface area contributed by atoms with E-state index >= 15 is 0 Å². The maximum Gasteiger partial charge on any atom is 0.160 e. The number of hydrogen-bond donors (Lipinski definition) is 0. The van der Waals surface area contributed by atoms with Crippen LogP contribution in [-0.2, 0) is 0 Å². The molecule has 0 saturated heterocycles. The van der Waals surface area contributed by atoms with E-state index in [1.54, 1.807) is 0 Å². The van der Waals surface area contributed by atoms with Gasteiger partial charge in [-0.1, -0.05) is 128 Å². The third-order valence-electron chi connectivity index (χ3n) is 9.82. The van der Waals surface area contributed by atoms with Crippen molar-refractivity contribution in [2.45, 2.75) is 20.3 Å². The van der Waals surface area contributed by atoms with Crippen molar-refractivity contribution >= 4 is 38.8 Å². The molecule has 51 heavy (non-hydrogen) atoms. The van der Waals surface area contributed by atoms with Gasteiger partial charge in [0, 0.05) is 49.9 Å². The minimum atomic E-state index is 0.696. The van der Waals surface area contributed by atoms with Gasteiger partial charge >= 0.3 is 0 Å². The molecule has 0 aliphatic carbocycles. The Morgan fingerprint density at radius 1 is 0.529 bits per heavy atom. The van der Waals surface area contributed by atoms with Gasteiger partial charge in [-0.15, -0.1) is 0 Å². The van der Waals surface area contributed by atoms with E-state index in [0.717, 1.165) is 45.9 Å². The zero-order chi connectivity index (χ0) is 34.3. The molecule has 0 saturated carbocycles. The molecule has 0 bridgehead atoms. The van der Waals surface area contributed by atoms with E-state index in [0.29, 0.717) is 5.82 Å². The standard InChI is InChI=1S/C47H36N4/c1-3-4-26-42-32(2)38-28-29-44-45(39-25-14-15-27-43(39)50(44)36-22-12-7-13-23-36)46(38)51(42)37-24-16-21-35(30-37)47-48-40(33-17-8-5-9-18-33)31-41(49-47)34-19-10-6-11-20-34/h4-31H,3H2,1-2H3/b26-4-. The summed E-state index contributed by atoms with van der Waals surface area (Å²) in [5.41, 5.74) is 13.1. The van der Waals surface area contributed by atoms with Gasteiger partial charge in [-0.25, -0.2) is 9.97 Å². The Morgan fingerprint density at radius 3 is 1.82 bits per heavy atom. The van der Waals surface area contributed by atoms with Crippen molar-refractivity contribution in [3.63, 3.8) is 0 Å². The van der Waals surface area contributed by atoms with E-state index in [9.17, 15) is 0 Å². The van der Waals surface area contributed by atoms with Gasteiger partial charge in [-0.3, -0.25) is 0 Å². The van der Waals surface area contributed by atoms with Crippen LogP contribution >= 0.6 is 0 Å². The van der Waals surface area contributed by atoms with Crippen LogP contribution in [0, 0.1) is 6.92 Å². The fourth-order valence-electron chi connectivity index (χ4n) is 7.43. The summed E-state index contributed by atoms with van der Waals surface area (Å²) >= 11 is 0. The number of para-hydroxylation sites is 2. The van der Waals surface area contributed by atoms with Crippen LogP contribution in [0.4, 0.5) is 0 Å². The monoisotopic (exact) mass is 656 g/mol. The second kappa shape index (κ2) is 12.7. The van der Waals surface area contributed by atoms with Crippen molar-refractivity contribution in [3.8, 4) is 45.3 Å². The average Bonchev–Trinajstić information content (AvgIpc) is 3.69. The Labute approximate surface area is 297 Å². The van der Waals surface area contributed by atoms with Crippen molar-refractivity contribution in [1.29, 1.82) is 0 Å². The van der Waals surface area contributed by atoms with E-state index in [-0.39, 0.29) is 0 Å². The maximum atomic E-state index is 5.16. The molecular weight excluding hydrogens is 621 g/mol. The Kier molecular flexibility index (Phi) is 7.63. The minimum Gasteiger partial charge on any atom is -0.309 e. The zero-order valence-electron chi connectivity index (χ0n) is 28.7. The molecule has 0 unspecified atom stereocenters. The van der Waals surface area contributed by atoms with Gasteiger partial charge in [0.05, 0.1) is 27.9 Å². The lowest BCUT2D eigenvalue weighted by molar-refractivity contribution is 1.09. The Bertz CT molecular complexity index is 2660. The van der Waals surface area contributed by atoms with Gasteiger partial charge in [-0.05, 0) is 67.4 Å². The smallest absolute Gasteiger partial charge is 0.160 e. The van der Waals surface area contributed by atoms with Crippen molar-refractivity contribution in [2.75, 3.05) is 0 Å². The largest absolute Gasteiger partial charge is 0.309 e. The third kappa shape index (κ3) is 5.24. The van der Waals surface area contributed by atoms with Crippen LogP contribution in [0.5, 0.6) is 0 Å². The second-order valence-electron chi connectivity index (χ2n) is 12.9. The number of benzene rings is 6. The summed E-state index contributed by atoms with van der Waals surface area (Å²) in [6.07, 6.45) is 5.49. The molecule has 4 nitrogen and oxygen atoms in total. The highest BCUT2D eigenvalue weighted by Gasteiger charge is 2.22. The van der Waals surface area contributed by atoms with Crippen molar-refractivity contribution in [1.82, 2.24) is 19.1 Å². The van der Waals surface area contributed by atoms with Crippen LogP contribution in [0.15, 0.2) is 164 Å². The SMILES string of the molecule is CC/C=C\c1c(C)c2ccc3c(c4ccccc4n3-c3ccccc3)c2n1-c1cccc(-c2nc(-c3ccccc3)cc(-c3ccccc3)n2)c1. The van der Waals surface area contributed by atoms with Gasteiger partial charge in [-0.2, -0.15) is 0 Å². The second-order valence-corrected chi connectivity index (χ2v) is 12.9. The molecule has 0 atom stereocenters. The highest BCUT2D eigenvalue weighted by atomic mass is 15.0. The molecule has 3 heterocycles. The summed E-state index contributed by atoms with van der Waals surface area (Å²) < 4.78 is 4.84. The van der Waals surface area contributed by atoms with Crippen LogP contribution in [0.3, 0.4) is 0 Å². The van der Waals surface area contributed by atoms with Gasteiger partial charge in [0.25, 0.3) is 0 Å². The molecule has 0 amide bonds. The Morgan fingerprint density at radius 2 is 1.14 bits per heavy atom. The Balaban J connectivity index is 1.32. The van der Waals surface area contributed by atoms with Crippen LogP contribution < -0.4 is 0 Å². The maximum absolute atomic E-state index is 5.16. The van der Waals surface area contributed by atoms with E-state index in [2.05, 4.69) is 181 Å². The molecule has 0 radical (unpaired) electrons. The topological polar surface area (TPSA) is 35.6 Å². The number of aromatic nitrogens is 4. The zero-order valence-corrected chi connectivity index (χ0v) is 28.7. The van der Waals surface area contributed by atoms with Gasteiger partial charge in [0.15, 0.2) is 5.82 Å². The molecule has 0 spiro atoms. The molecule has 3 aromatic heterocycles. The molecule has 9 aromatic rings. The minimum absolute atomic E-state index is 0.696. The van der Waals surface area contributed by atoms with Crippen LogP contribution in [0.1, 0.15) is 24.6 Å². The molecule has 6 aromatic carbocycles. The predicted octanol–water partition coefficient (Wildman–Crippen LogP) is 12.3. The molecule has 0 aliphatic rings. The molecule has 9 rings (SSSR count).